The maximum Gasteiger partial charge on any atom is 0.165 e. The summed E-state index contributed by atoms with van der Waals surface area (Å²) in [5, 5.41) is 12.5. The van der Waals surface area contributed by atoms with Gasteiger partial charge in [-0.15, -0.1) is 0 Å². The SMILES string of the molecule is CNc1cccc(CNc2cc(-c3ccccc3C)nc3c(PC)cnn23)c1. The third-order valence-corrected chi connectivity index (χ3v) is 5.74. The number of rotatable bonds is 6. The van der Waals surface area contributed by atoms with E-state index in [4.69, 9.17) is 4.98 Å². The lowest BCUT2D eigenvalue weighted by Gasteiger charge is -2.13. The molecule has 1 atom stereocenters. The van der Waals surface area contributed by atoms with E-state index in [9.17, 15) is 0 Å². The van der Waals surface area contributed by atoms with Crippen molar-refractivity contribution < 1.29 is 0 Å². The van der Waals surface area contributed by atoms with Crippen LogP contribution in [0.5, 0.6) is 0 Å². The molecule has 0 aliphatic rings. The molecule has 0 spiro atoms. The van der Waals surface area contributed by atoms with Crippen LogP contribution in [0, 0.1) is 6.92 Å². The Morgan fingerprint density at radius 2 is 1.93 bits per heavy atom. The predicted molar refractivity (Wildman–Crippen MR) is 120 cm³/mol. The van der Waals surface area contributed by atoms with Gasteiger partial charge in [-0.2, -0.15) is 9.61 Å². The van der Waals surface area contributed by atoms with Crippen molar-refractivity contribution in [1.29, 1.82) is 0 Å². The molecule has 28 heavy (non-hydrogen) atoms. The molecule has 5 nitrogen and oxygen atoms in total. The molecule has 0 aliphatic heterocycles. The van der Waals surface area contributed by atoms with Crippen LogP contribution in [0.15, 0.2) is 60.8 Å². The van der Waals surface area contributed by atoms with Gasteiger partial charge in [0.15, 0.2) is 5.65 Å². The smallest absolute Gasteiger partial charge is 0.165 e. The van der Waals surface area contributed by atoms with E-state index in [2.05, 4.69) is 83.9 Å². The van der Waals surface area contributed by atoms with Crippen LogP contribution >= 0.6 is 8.58 Å². The van der Waals surface area contributed by atoms with Gasteiger partial charge < -0.3 is 10.6 Å². The molecule has 2 heterocycles. The molecule has 2 aromatic carbocycles. The maximum absolute atomic E-state index is 4.94. The molecule has 0 saturated heterocycles. The lowest BCUT2D eigenvalue weighted by molar-refractivity contribution is 0.927. The molecular weight excluding hydrogens is 365 g/mol. The Kier molecular flexibility index (Phi) is 5.27. The second-order valence-corrected chi connectivity index (χ2v) is 7.73. The number of benzene rings is 2. The third-order valence-electron chi connectivity index (χ3n) is 4.85. The standard InChI is InChI=1S/C22H24N5P/c1-15-7-4-5-10-18(15)19-12-21(27-22(26-19)20(28-3)14-25-27)24-13-16-8-6-9-17(11-16)23-2/h4-12,14,23-24,28H,13H2,1-3H3. The van der Waals surface area contributed by atoms with Crippen molar-refractivity contribution in [3.8, 4) is 11.3 Å². The number of anilines is 2. The van der Waals surface area contributed by atoms with E-state index in [0.717, 1.165) is 28.4 Å². The molecule has 0 aliphatic carbocycles. The zero-order valence-electron chi connectivity index (χ0n) is 16.3. The summed E-state index contributed by atoms with van der Waals surface area (Å²) in [6, 6.07) is 18.8. The molecule has 4 aromatic rings. The van der Waals surface area contributed by atoms with Gasteiger partial charge in [0.05, 0.1) is 11.9 Å². The minimum atomic E-state index is 0.647. The molecule has 142 valence electrons. The van der Waals surface area contributed by atoms with E-state index >= 15 is 0 Å². The van der Waals surface area contributed by atoms with Gasteiger partial charge in [-0.1, -0.05) is 45.0 Å². The van der Waals surface area contributed by atoms with Gasteiger partial charge in [-0.3, -0.25) is 0 Å². The van der Waals surface area contributed by atoms with Crippen LogP contribution in [-0.4, -0.2) is 28.3 Å². The quantitative estimate of drug-likeness (QED) is 0.483. The Morgan fingerprint density at radius 3 is 2.71 bits per heavy atom. The maximum atomic E-state index is 4.94. The highest BCUT2D eigenvalue weighted by molar-refractivity contribution is 7.46. The Morgan fingerprint density at radius 1 is 1.07 bits per heavy atom. The minimum absolute atomic E-state index is 0.647. The predicted octanol–water partition coefficient (Wildman–Crippen LogP) is 4.29. The molecule has 0 fully saturated rings. The van der Waals surface area contributed by atoms with Crippen molar-refractivity contribution in [2.24, 2.45) is 0 Å². The van der Waals surface area contributed by atoms with Crippen molar-refractivity contribution in [2.75, 3.05) is 24.3 Å². The van der Waals surface area contributed by atoms with Crippen LogP contribution in [-0.2, 0) is 6.54 Å². The average Bonchev–Trinajstić information content (AvgIpc) is 3.15. The zero-order valence-corrected chi connectivity index (χ0v) is 17.3. The van der Waals surface area contributed by atoms with Crippen molar-refractivity contribution in [2.45, 2.75) is 13.5 Å². The van der Waals surface area contributed by atoms with E-state index in [1.807, 2.05) is 17.8 Å². The molecule has 4 rings (SSSR count). The summed E-state index contributed by atoms with van der Waals surface area (Å²) < 4.78 is 1.91. The largest absolute Gasteiger partial charge is 0.388 e. The molecule has 0 bridgehead atoms. The normalized spacial score (nSPS) is 11.4. The second-order valence-electron chi connectivity index (χ2n) is 6.69. The van der Waals surface area contributed by atoms with E-state index in [1.54, 1.807) is 0 Å². The summed E-state index contributed by atoms with van der Waals surface area (Å²) in [5.41, 5.74) is 6.57. The lowest BCUT2D eigenvalue weighted by atomic mass is 10.1. The van der Waals surface area contributed by atoms with Crippen molar-refractivity contribution in [3.05, 3.63) is 71.9 Å². The third kappa shape index (κ3) is 3.58. The molecule has 2 N–H and O–H groups in total. The number of aryl methyl sites for hydroxylation is 1. The van der Waals surface area contributed by atoms with Gasteiger partial charge in [0.1, 0.15) is 5.82 Å². The van der Waals surface area contributed by atoms with Gasteiger partial charge >= 0.3 is 0 Å². The number of nitrogens with zero attached hydrogens (tertiary/aromatic N) is 3. The van der Waals surface area contributed by atoms with Crippen LogP contribution in [0.3, 0.4) is 0 Å². The van der Waals surface area contributed by atoms with Crippen LogP contribution in [0.25, 0.3) is 16.9 Å². The number of aromatic nitrogens is 3. The topological polar surface area (TPSA) is 54.2 Å². The summed E-state index contributed by atoms with van der Waals surface area (Å²) in [7, 11) is 2.58. The molecule has 2 aromatic heterocycles. The first-order valence-electron chi connectivity index (χ1n) is 9.32. The molecular formula is C22H24N5P. The Bertz CT molecular complexity index is 1120. The van der Waals surface area contributed by atoms with E-state index in [1.165, 1.54) is 16.4 Å². The highest BCUT2D eigenvalue weighted by Crippen LogP contribution is 2.26. The zero-order chi connectivity index (χ0) is 19.5. The first-order valence-corrected chi connectivity index (χ1v) is 10.8. The first-order chi connectivity index (χ1) is 13.7. The number of nitrogens with one attached hydrogen (secondary N) is 2. The summed E-state index contributed by atoms with van der Waals surface area (Å²) in [6.07, 6.45) is 1.93. The monoisotopic (exact) mass is 389 g/mol. The fourth-order valence-corrected chi connectivity index (χ4v) is 3.87. The molecule has 0 amide bonds. The molecule has 0 radical (unpaired) electrons. The van der Waals surface area contributed by atoms with Crippen molar-refractivity contribution >= 4 is 31.0 Å². The van der Waals surface area contributed by atoms with Crippen molar-refractivity contribution in [1.82, 2.24) is 14.6 Å². The van der Waals surface area contributed by atoms with E-state index in [-0.39, 0.29) is 0 Å². The highest BCUT2D eigenvalue weighted by atomic mass is 31.1. The number of fused-ring (bicyclic) bond motifs is 1. The van der Waals surface area contributed by atoms with Crippen LogP contribution in [0.2, 0.25) is 0 Å². The first kappa shape index (κ1) is 18.5. The number of hydrogen-bond donors (Lipinski definition) is 2. The van der Waals surface area contributed by atoms with Crippen LogP contribution in [0.4, 0.5) is 11.5 Å². The van der Waals surface area contributed by atoms with Gasteiger partial charge in [0, 0.05) is 36.2 Å². The van der Waals surface area contributed by atoms with E-state index in [0.29, 0.717) is 15.1 Å². The van der Waals surface area contributed by atoms with E-state index < -0.39 is 0 Å². The average molecular weight is 389 g/mol. The lowest BCUT2D eigenvalue weighted by Crippen LogP contribution is -2.08. The Labute approximate surface area is 167 Å². The number of hydrogen-bond acceptors (Lipinski definition) is 4. The Hall–Kier alpha value is -2.91. The Balaban J connectivity index is 1.76. The fourth-order valence-electron chi connectivity index (χ4n) is 3.29. The summed E-state index contributed by atoms with van der Waals surface area (Å²) >= 11 is 0. The summed E-state index contributed by atoms with van der Waals surface area (Å²) in [5.74, 6) is 0.947. The van der Waals surface area contributed by atoms with Gasteiger partial charge in [-0.25, -0.2) is 4.98 Å². The second kappa shape index (κ2) is 7.99. The molecule has 1 unspecified atom stereocenters. The van der Waals surface area contributed by atoms with Gasteiger partial charge in [0.2, 0.25) is 0 Å². The summed E-state index contributed by atoms with van der Waals surface area (Å²) in [6.45, 7) is 5.00. The van der Waals surface area contributed by atoms with Crippen molar-refractivity contribution in [3.63, 3.8) is 0 Å². The summed E-state index contributed by atoms with van der Waals surface area (Å²) in [4.78, 5) is 4.94. The van der Waals surface area contributed by atoms with Crippen LogP contribution in [0.1, 0.15) is 11.1 Å². The van der Waals surface area contributed by atoms with Gasteiger partial charge in [-0.05, 0) is 36.8 Å². The highest BCUT2D eigenvalue weighted by Gasteiger charge is 2.13. The van der Waals surface area contributed by atoms with Crippen LogP contribution < -0.4 is 15.9 Å². The minimum Gasteiger partial charge on any atom is -0.388 e. The molecule has 0 saturated carbocycles. The molecule has 6 heteroatoms. The fraction of sp³-hybridized carbons (Fsp3) is 0.182. The van der Waals surface area contributed by atoms with Gasteiger partial charge in [0.25, 0.3) is 0 Å².